The SMILES string of the molecule is [2H]c1c([2H])c([2H])c(-c2ccc3c(c2)N(c2cc(-n4c5ccccc5c5ccccc54)ccc2C#N)c2cc(-c4cccc(-c5ccccc5)c4)cc4c2B3c2ccc(-c3cc(C(C)(C)C)cc(C(C)(C)C)c3)cc2N4c2ccc(C#N)c(-n3c4ccccc4c4ccccc43)c2)c([2H])c1[2H]. The van der Waals surface area contributed by atoms with Crippen LogP contribution in [0.15, 0.2) is 285 Å². The number of nitriles is 2. The predicted molar refractivity (Wildman–Crippen MR) is 398 cm³/mol. The van der Waals surface area contributed by atoms with Gasteiger partial charge in [0.15, 0.2) is 0 Å². The first-order valence-corrected chi connectivity index (χ1v) is 32.4. The van der Waals surface area contributed by atoms with E-state index in [4.69, 9.17) is 4.11 Å². The highest BCUT2D eigenvalue weighted by Crippen LogP contribution is 2.50. The van der Waals surface area contributed by atoms with Crippen LogP contribution in [0, 0.1) is 22.7 Å². The second kappa shape index (κ2) is 21.9. The lowest BCUT2D eigenvalue weighted by molar-refractivity contribution is 0.569. The van der Waals surface area contributed by atoms with Crippen LogP contribution in [0.5, 0.6) is 0 Å². The van der Waals surface area contributed by atoms with Crippen molar-refractivity contribution >= 4 is 101 Å². The summed E-state index contributed by atoms with van der Waals surface area (Å²) in [5.41, 5.74) is 22.3. The van der Waals surface area contributed by atoms with Crippen molar-refractivity contribution in [1.29, 1.82) is 10.5 Å². The molecule has 4 heterocycles. The van der Waals surface area contributed by atoms with E-state index in [0.29, 0.717) is 28.1 Å². The maximum atomic E-state index is 11.8. The Hall–Kier alpha value is -11.9. The number of nitrogens with zero attached hydrogens (tertiary/aromatic N) is 6. The molecule has 0 atom stereocenters. The molecule has 0 spiro atoms. The molecule has 0 amide bonds. The molecule has 0 bridgehead atoms. The highest BCUT2D eigenvalue weighted by atomic mass is 15.2. The van der Waals surface area contributed by atoms with E-state index in [1.54, 1.807) is 0 Å². The van der Waals surface area contributed by atoms with Gasteiger partial charge < -0.3 is 18.9 Å². The van der Waals surface area contributed by atoms with Gasteiger partial charge in [0.2, 0.25) is 0 Å². The van der Waals surface area contributed by atoms with Crippen LogP contribution in [0.3, 0.4) is 0 Å². The number of rotatable bonds is 8. The van der Waals surface area contributed by atoms with Crippen molar-refractivity contribution < 1.29 is 6.85 Å². The first-order valence-electron chi connectivity index (χ1n) is 34.9. The van der Waals surface area contributed by atoms with Crippen molar-refractivity contribution in [2.24, 2.45) is 0 Å². The Kier molecular flexibility index (Phi) is 11.9. The third kappa shape index (κ3) is 9.29. The fraction of sp³-hybridized carbons (Fsp3) is 0.0909. The number of hydrogen-bond donors (Lipinski definition) is 0. The number of aromatic nitrogens is 2. The van der Waals surface area contributed by atoms with E-state index in [9.17, 15) is 13.3 Å². The van der Waals surface area contributed by atoms with Gasteiger partial charge in [0, 0.05) is 55.7 Å². The second-order valence-corrected chi connectivity index (χ2v) is 27.2. The Morgan fingerprint density at radius 2 is 0.758 bits per heavy atom. The van der Waals surface area contributed by atoms with Gasteiger partial charge in [-0.3, -0.25) is 0 Å². The van der Waals surface area contributed by atoms with Crippen molar-refractivity contribution in [3.8, 4) is 68.0 Å². The van der Waals surface area contributed by atoms with Crippen molar-refractivity contribution in [3.05, 3.63) is 307 Å². The van der Waals surface area contributed by atoms with Crippen LogP contribution in [0.4, 0.5) is 34.1 Å². The largest absolute Gasteiger partial charge is 0.311 e. The van der Waals surface area contributed by atoms with Gasteiger partial charge in [-0.05, 0) is 174 Å². The Balaban J connectivity index is 1.02. The van der Waals surface area contributed by atoms with E-state index >= 15 is 0 Å². The molecular formula is C88H65BN6. The normalized spacial score (nSPS) is 13.4. The molecule has 0 radical (unpaired) electrons. The zero-order valence-corrected chi connectivity index (χ0v) is 53.5. The molecule has 2 aliphatic rings. The molecule has 95 heavy (non-hydrogen) atoms. The van der Waals surface area contributed by atoms with Crippen molar-refractivity contribution in [2.75, 3.05) is 9.80 Å². The lowest BCUT2D eigenvalue weighted by Gasteiger charge is -2.45. The summed E-state index contributed by atoms with van der Waals surface area (Å²) in [5.74, 6) is 0. The number of para-hydroxylation sites is 4. The summed E-state index contributed by atoms with van der Waals surface area (Å²) in [7, 11) is 0. The molecule has 0 unspecified atom stereocenters. The molecule has 0 saturated carbocycles. The minimum Gasteiger partial charge on any atom is -0.311 e. The molecule has 0 saturated heterocycles. The molecule has 0 fully saturated rings. The van der Waals surface area contributed by atoms with Crippen molar-refractivity contribution in [1.82, 2.24) is 9.13 Å². The maximum Gasteiger partial charge on any atom is 0.252 e. The van der Waals surface area contributed by atoms with Gasteiger partial charge in [-0.2, -0.15) is 10.5 Å². The monoisotopic (exact) mass is 1220 g/mol. The summed E-state index contributed by atoms with van der Waals surface area (Å²) in [5, 5.41) is 27.4. The molecule has 0 N–H and O–H groups in total. The Labute approximate surface area is 561 Å². The summed E-state index contributed by atoms with van der Waals surface area (Å²) in [6.45, 7) is 13.1. The molecule has 0 aliphatic carbocycles. The van der Waals surface area contributed by atoms with E-state index in [1.165, 1.54) is 11.1 Å². The molecule has 2 aliphatic heterocycles. The Bertz CT molecular complexity index is 5910. The molecule has 7 heteroatoms. The van der Waals surface area contributed by atoms with E-state index in [-0.39, 0.29) is 28.5 Å². The van der Waals surface area contributed by atoms with Crippen molar-refractivity contribution in [2.45, 2.75) is 52.4 Å². The molecule has 17 rings (SSSR count). The van der Waals surface area contributed by atoms with Crippen LogP contribution < -0.4 is 26.2 Å². The number of anilines is 6. The average Bonchev–Trinajstić information content (AvgIpc) is 0.854. The lowest BCUT2D eigenvalue weighted by atomic mass is 9.33. The quantitative estimate of drug-likeness (QED) is 0.142. The third-order valence-electron chi connectivity index (χ3n) is 19.5. The van der Waals surface area contributed by atoms with Crippen LogP contribution in [0.1, 0.15) is 70.7 Å². The summed E-state index contributed by atoms with van der Waals surface area (Å²) in [4.78, 5) is 4.58. The standard InChI is InChI=1S/C88H65BN6/c1-87(2,3)66-45-64(46-67(51-66)88(4,5)6)61-39-43-74-82(48-61)93(69-41-37-62(54-90)80(53-69)94-78-34-19-15-30-72(78)73-31-16-20-35-79(73)94)84-49-65(59-27-21-26-58(44-59)56-22-9-7-10-23-56)50-85-86(84)89(74)75-42-38-60(57-24-11-8-12-25-57)47-83(75)95(85)81-52-68(40-36-63(81)55-91)92-76-32-17-13-28-70(76)71-29-14-18-33-77(71)92/h7-53H,1-6H3/i8D,11D,12D,24D,25D. The lowest BCUT2D eigenvalue weighted by Crippen LogP contribution is -2.61. The molecule has 13 aromatic carbocycles. The Morgan fingerprint density at radius 1 is 0.326 bits per heavy atom. The first kappa shape index (κ1) is 51.7. The maximum absolute atomic E-state index is 11.8. The second-order valence-electron chi connectivity index (χ2n) is 27.2. The number of hydrogen-bond acceptors (Lipinski definition) is 4. The minimum atomic E-state index is -0.498. The zero-order valence-electron chi connectivity index (χ0n) is 58.5. The zero-order chi connectivity index (χ0) is 68.8. The molecular weight excluding hydrogens is 1150 g/mol. The van der Waals surface area contributed by atoms with Crippen LogP contribution in [0.25, 0.3) is 99.5 Å². The Morgan fingerprint density at radius 3 is 1.32 bits per heavy atom. The van der Waals surface area contributed by atoms with E-state index in [0.717, 1.165) is 128 Å². The first-order chi connectivity index (χ1) is 48.4. The smallest absolute Gasteiger partial charge is 0.252 e. The molecule has 6 nitrogen and oxygen atoms in total. The van der Waals surface area contributed by atoms with Crippen LogP contribution in [0.2, 0.25) is 0 Å². The van der Waals surface area contributed by atoms with Crippen molar-refractivity contribution in [3.63, 3.8) is 0 Å². The summed E-state index contributed by atoms with van der Waals surface area (Å²) in [6.07, 6.45) is 0. The highest BCUT2D eigenvalue weighted by Gasteiger charge is 2.45. The van der Waals surface area contributed by atoms with Gasteiger partial charge in [-0.1, -0.05) is 236 Å². The van der Waals surface area contributed by atoms with E-state index in [1.807, 2.05) is 60.7 Å². The van der Waals surface area contributed by atoms with Crippen LogP contribution in [-0.4, -0.2) is 15.8 Å². The summed E-state index contributed by atoms with van der Waals surface area (Å²) in [6, 6.07) is 92.4. The average molecular weight is 1220 g/mol. The van der Waals surface area contributed by atoms with Gasteiger partial charge in [-0.15, -0.1) is 0 Å². The van der Waals surface area contributed by atoms with Gasteiger partial charge in [0.1, 0.15) is 12.1 Å². The van der Waals surface area contributed by atoms with E-state index < -0.39 is 24.8 Å². The number of fused-ring (bicyclic) bond motifs is 10. The summed E-state index contributed by atoms with van der Waals surface area (Å²) < 4.78 is 50.0. The fourth-order valence-corrected chi connectivity index (χ4v) is 14.9. The summed E-state index contributed by atoms with van der Waals surface area (Å²) >= 11 is 0. The highest BCUT2D eigenvalue weighted by molar-refractivity contribution is 7.00. The van der Waals surface area contributed by atoms with Gasteiger partial charge in [-0.25, -0.2) is 0 Å². The molecule has 15 aromatic rings. The molecule has 450 valence electrons. The predicted octanol–water partition coefficient (Wildman–Crippen LogP) is 21.0. The third-order valence-corrected chi connectivity index (χ3v) is 19.5. The minimum absolute atomic E-state index is 0.0677. The fourth-order valence-electron chi connectivity index (χ4n) is 14.9. The van der Waals surface area contributed by atoms with Crippen LogP contribution >= 0.6 is 0 Å². The van der Waals surface area contributed by atoms with E-state index in [2.05, 4.69) is 267 Å². The topological polar surface area (TPSA) is 63.9 Å². The number of benzene rings is 13. The molecule has 2 aromatic heterocycles. The van der Waals surface area contributed by atoms with Gasteiger partial charge in [0.05, 0.1) is 51.4 Å². The van der Waals surface area contributed by atoms with Gasteiger partial charge in [0.25, 0.3) is 6.71 Å². The van der Waals surface area contributed by atoms with Crippen LogP contribution in [-0.2, 0) is 10.8 Å². The van der Waals surface area contributed by atoms with Gasteiger partial charge >= 0.3 is 0 Å².